The van der Waals surface area contributed by atoms with Gasteiger partial charge in [-0.3, -0.25) is 19.4 Å². The fourth-order valence-corrected chi connectivity index (χ4v) is 5.07. The Bertz CT molecular complexity index is 826. The Morgan fingerprint density at radius 3 is 2.26 bits per heavy atom. The summed E-state index contributed by atoms with van der Waals surface area (Å²) >= 11 is 0. The summed E-state index contributed by atoms with van der Waals surface area (Å²) in [6.07, 6.45) is 6.50. The summed E-state index contributed by atoms with van der Waals surface area (Å²) in [5, 5.41) is 16.6. The van der Waals surface area contributed by atoms with Crippen molar-refractivity contribution in [2.75, 3.05) is 13.6 Å². The molecule has 0 spiro atoms. The molecule has 0 saturated carbocycles. The Morgan fingerprint density at radius 2 is 1.74 bits per heavy atom. The number of likely N-dealkylation sites (N-methyl/N-ethyl adjacent to an activating group) is 1. The average Bonchev–Trinajstić information content (AvgIpc) is 2.84. The van der Waals surface area contributed by atoms with Crippen molar-refractivity contribution >= 4 is 17.8 Å². The van der Waals surface area contributed by atoms with Gasteiger partial charge in [0.1, 0.15) is 6.04 Å². The number of benzene rings is 1. The standard InChI is InChI=1S/C27H43N3O4/c1-6-9-12-21-13-15-22(16-14-21)20(4)30-24(25(32)28-5)27(26(33)34,17-10-7-2)18-19-29(30)23(31)11-8-3/h13-16,20,24H,6-12,17-19H2,1-5H3,(H,28,32)(H,33,34). The summed E-state index contributed by atoms with van der Waals surface area (Å²) in [5.74, 6) is -1.40. The molecule has 2 amide bonds. The van der Waals surface area contributed by atoms with Crippen molar-refractivity contribution < 1.29 is 19.5 Å². The zero-order chi connectivity index (χ0) is 25.3. The van der Waals surface area contributed by atoms with Gasteiger partial charge in [-0.1, -0.05) is 64.3 Å². The number of rotatable bonds is 12. The molecule has 0 radical (unpaired) electrons. The van der Waals surface area contributed by atoms with E-state index in [2.05, 4.69) is 24.4 Å². The lowest BCUT2D eigenvalue weighted by Crippen LogP contribution is -2.69. The highest BCUT2D eigenvalue weighted by atomic mass is 16.4. The number of aryl methyl sites for hydroxylation is 1. The van der Waals surface area contributed by atoms with Crippen LogP contribution in [0.4, 0.5) is 0 Å². The SMILES string of the molecule is CCCCc1ccc(C(C)N2C(C(=O)NC)C(CCCC)(C(=O)O)CCN2C(=O)CCC)cc1. The van der Waals surface area contributed by atoms with E-state index in [1.54, 1.807) is 10.0 Å². The predicted molar refractivity (Wildman–Crippen MR) is 134 cm³/mol. The lowest BCUT2D eigenvalue weighted by atomic mass is 9.70. The second-order valence-electron chi connectivity index (χ2n) is 9.50. The van der Waals surface area contributed by atoms with Crippen molar-refractivity contribution in [3.05, 3.63) is 35.4 Å². The maximum Gasteiger partial charge on any atom is 0.311 e. The monoisotopic (exact) mass is 473 g/mol. The third-order valence-electron chi connectivity index (χ3n) is 7.16. The van der Waals surface area contributed by atoms with E-state index in [1.165, 1.54) is 12.6 Å². The van der Waals surface area contributed by atoms with Gasteiger partial charge in [0.15, 0.2) is 0 Å². The first-order valence-electron chi connectivity index (χ1n) is 12.9. The number of hydrazine groups is 1. The van der Waals surface area contributed by atoms with E-state index in [-0.39, 0.29) is 24.3 Å². The topological polar surface area (TPSA) is 89.9 Å². The Labute approximate surface area is 204 Å². The van der Waals surface area contributed by atoms with Gasteiger partial charge in [0.05, 0.1) is 11.5 Å². The number of carbonyl (C=O) groups excluding carboxylic acids is 2. The minimum atomic E-state index is -1.26. The molecule has 2 rings (SSSR count). The molecule has 1 aliphatic heterocycles. The molecule has 190 valence electrons. The minimum absolute atomic E-state index is 0.0719. The number of hydrogen-bond acceptors (Lipinski definition) is 4. The lowest BCUT2D eigenvalue weighted by molar-refractivity contribution is -0.201. The van der Waals surface area contributed by atoms with Crippen LogP contribution >= 0.6 is 0 Å². The molecule has 2 N–H and O–H groups in total. The summed E-state index contributed by atoms with van der Waals surface area (Å²) in [7, 11) is 1.53. The second kappa shape index (κ2) is 12.9. The summed E-state index contributed by atoms with van der Waals surface area (Å²) in [5.41, 5.74) is 0.954. The molecule has 1 heterocycles. The molecule has 3 atom stereocenters. The van der Waals surface area contributed by atoms with E-state index in [0.717, 1.165) is 31.2 Å². The number of nitrogens with zero attached hydrogens (tertiary/aromatic N) is 2. The van der Waals surface area contributed by atoms with Crippen molar-refractivity contribution in [2.45, 2.75) is 97.6 Å². The van der Waals surface area contributed by atoms with Crippen LogP contribution in [0.3, 0.4) is 0 Å². The van der Waals surface area contributed by atoms with E-state index in [0.29, 0.717) is 32.2 Å². The first kappa shape index (κ1) is 27.8. The van der Waals surface area contributed by atoms with Crippen molar-refractivity contribution in [1.82, 2.24) is 15.3 Å². The molecule has 3 unspecified atom stereocenters. The van der Waals surface area contributed by atoms with Crippen molar-refractivity contribution in [2.24, 2.45) is 5.41 Å². The maximum absolute atomic E-state index is 13.3. The Hall–Kier alpha value is -2.41. The molecule has 0 aliphatic carbocycles. The van der Waals surface area contributed by atoms with Crippen LogP contribution in [-0.2, 0) is 20.8 Å². The largest absolute Gasteiger partial charge is 0.481 e. The van der Waals surface area contributed by atoms with Gasteiger partial charge in [-0.15, -0.1) is 0 Å². The smallest absolute Gasteiger partial charge is 0.311 e. The normalized spacial score (nSPS) is 21.8. The minimum Gasteiger partial charge on any atom is -0.481 e. The molecular formula is C27H43N3O4. The fourth-order valence-electron chi connectivity index (χ4n) is 5.07. The van der Waals surface area contributed by atoms with Crippen LogP contribution in [0.2, 0.25) is 0 Å². The average molecular weight is 474 g/mol. The number of carboxylic acids is 1. The van der Waals surface area contributed by atoms with E-state index < -0.39 is 17.4 Å². The Morgan fingerprint density at radius 1 is 1.09 bits per heavy atom. The van der Waals surface area contributed by atoms with Gasteiger partial charge in [0, 0.05) is 20.0 Å². The van der Waals surface area contributed by atoms with E-state index >= 15 is 0 Å². The second-order valence-corrected chi connectivity index (χ2v) is 9.50. The highest BCUT2D eigenvalue weighted by Gasteiger charge is 2.57. The number of hydrogen-bond donors (Lipinski definition) is 2. The maximum atomic E-state index is 13.3. The van der Waals surface area contributed by atoms with E-state index in [1.807, 2.05) is 32.9 Å². The summed E-state index contributed by atoms with van der Waals surface area (Å²) < 4.78 is 0. The number of carboxylic acid groups (broad SMARTS) is 1. The van der Waals surface area contributed by atoms with Crippen LogP contribution in [0.5, 0.6) is 0 Å². The molecule has 1 aromatic carbocycles. The summed E-state index contributed by atoms with van der Waals surface area (Å²) in [6.45, 7) is 8.39. The highest BCUT2D eigenvalue weighted by molar-refractivity contribution is 5.91. The zero-order valence-electron chi connectivity index (χ0n) is 21.6. The molecule has 7 heteroatoms. The van der Waals surface area contributed by atoms with Gasteiger partial charge in [0.25, 0.3) is 0 Å². The fraction of sp³-hybridized carbons (Fsp3) is 0.667. The van der Waals surface area contributed by atoms with Gasteiger partial charge in [-0.2, -0.15) is 5.01 Å². The summed E-state index contributed by atoms with van der Waals surface area (Å²) in [4.78, 5) is 39.3. The summed E-state index contributed by atoms with van der Waals surface area (Å²) in [6, 6.07) is 6.96. The number of amides is 2. The third kappa shape index (κ3) is 5.98. The third-order valence-corrected chi connectivity index (χ3v) is 7.16. The molecular weight excluding hydrogens is 430 g/mol. The zero-order valence-corrected chi connectivity index (χ0v) is 21.6. The van der Waals surface area contributed by atoms with Crippen LogP contribution in [0, 0.1) is 5.41 Å². The van der Waals surface area contributed by atoms with Crippen LogP contribution in [0.1, 0.15) is 96.2 Å². The molecule has 7 nitrogen and oxygen atoms in total. The van der Waals surface area contributed by atoms with Gasteiger partial charge < -0.3 is 10.4 Å². The van der Waals surface area contributed by atoms with E-state index in [9.17, 15) is 19.5 Å². The van der Waals surface area contributed by atoms with Crippen LogP contribution in [0.25, 0.3) is 0 Å². The highest BCUT2D eigenvalue weighted by Crippen LogP contribution is 2.44. The number of nitrogens with one attached hydrogen (secondary N) is 1. The molecule has 1 aliphatic rings. The Kier molecular flexibility index (Phi) is 10.5. The molecule has 1 aromatic rings. The Balaban J connectivity index is 2.57. The van der Waals surface area contributed by atoms with Crippen LogP contribution in [0.15, 0.2) is 24.3 Å². The van der Waals surface area contributed by atoms with Crippen LogP contribution in [-0.4, -0.2) is 52.5 Å². The number of carbonyl (C=O) groups is 3. The van der Waals surface area contributed by atoms with Crippen molar-refractivity contribution in [3.8, 4) is 0 Å². The van der Waals surface area contributed by atoms with Crippen molar-refractivity contribution in [1.29, 1.82) is 0 Å². The van der Waals surface area contributed by atoms with Gasteiger partial charge in [0.2, 0.25) is 11.8 Å². The van der Waals surface area contributed by atoms with Crippen LogP contribution < -0.4 is 5.32 Å². The van der Waals surface area contributed by atoms with Gasteiger partial charge in [-0.05, 0) is 50.2 Å². The first-order valence-corrected chi connectivity index (χ1v) is 12.9. The molecule has 1 saturated heterocycles. The lowest BCUT2D eigenvalue weighted by Gasteiger charge is -2.53. The number of aliphatic carboxylic acids is 1. The number of unbranched alkanes of at least 4 members (excludes halogenated alkanes) is 2. The van der Waals surface area contributed by atoms with Gasteiger partial charge >= 0.3 is 5.97 Å². The van der Waals surface area contributed by atoms with E-state index in [4.69, 9.17) is 0 Å². The molecule has 34 heavy (non-hydrogen) atoms. The predicted octanol–water partition coefficient (Wildman–Crippen LogP) is 4.72. The van der Waals surface area contributed by atoms with Gasteiger partial charge in [-0.25, -0.2) is 0 Å². The quantitative estimate of drug-likeness (QED) is 0.459. The molecule has 0 bridgehead atoms. The first-order chi connectivity index (χ1) is 16.3. The molecule has 0 aromatic heterocycles. The molecule has 1 fully saturated rings. The van der Waals surface area contributed by atoms with Crippen molar-refractivity contribution in [3.63, 3.8) is 0 Å².